The van der Waals surface area contributed by atoms with Gasteiger partial charge in [-0.15, -0.1) is 11.3 Å². The largest absolute Gasteiger partial charge is 0.484 e. The third kappa shape index (κ3) is 4.63. The summed E-state index contributed by atoms with van der Waals surface area (Å²) in [6.45, 7) is 2.76. The second kappa shape index (κ2) is 8.20. The molecule has 0 aliphatic carbocycles. The highest BCUT2D eigenvalue weighted by molar-refractivity contribution is 7.91. The van der Waals surface area contributed by atoms with Gasteiger partial charge in [-0.3, -0.25) is 4.79 Å². The van der Waals surface area contributed by atoms with E-state index >= 15 is 0 Å². The van der Waals surface area contributed by atoms with Gasteiger partial charge in [-0.2, -0.15) is 4.31 Å². The summed E-state index contributed by atoms with van der Waals surface area (Å²) in [5.41, 5.74) is 1.13. The van der Waals surface area contributed by atoms with E-state index in [-0.39, 0.29) is 18.6 Å². The second-order valence-corrected chi connectivity index (χ2v) is 9.39. The van der Waals surface area contributed by atoms with Gasteiger partial charge in [0.1, 0.15) is 9.96 Å². The molecule has 2 heterocycles. The third-order valence-electron chi connectivity index (χ3n) is 4.30. The lowest BCUT2D eigenvalue weighted by atomic mass is 10.1. The Kier molecular flexibility index (Phi) is 5.95. The Morgan fingerprint density at radius 3 is 2.54 bits per heavy atom. The summed E-state index contributed by atoms with van der Waals surface area (Å²) in [5, 5.41) is 4.68. The van der Waals surface area contributed by atoms with Crippen molar-refractivity contribution in [2.45, 2.75) is 30.0 Å². The van der Waals surface area contributed by atoms with E-state index in [0.29, 0.717) is 35.9 Å². The molecule has 2 aromatic rings. The third-order valence-corrected chi connectivity index (χ3v) is 7.57. The first kappa shape index (κ1) is 18.9. The van der Waals surface area contributed by atoms with Crippen LogP contribution in [0.5, 0.6) is 5.75 Å². The van der Waals surface area contributed by atoms with Crippen molar-refractivity contribution in [3.63, 3.8) is 0 Å². The van der Waals surface area contributed by atoms with E-state index < -0.39 is 10.0 Å². The molecule has 0 radical (unpaired) electrons. The van der Waals surface area contributed by atoms with Crippen molar-refractivity contribution < 1.29 is 17.9 Å². The van der Waals surface area contributed by atoms with Gasteiger partial charge in [0.25, 0.3) is 15.9 Å². The molecule has 1 aliphatic rings. The summed E-state index contributed by atoms with van der Waals surface area (Å²) in [4.78, 5) is 12.1. The van der Waals surface area contributed by atoms with Gasteiger partial charge in [0.15, 0.2) is 6.61 Å². The highest BCUT2D eigenvalue weighted by Gasteiger charge is 2.30. The average molecular weight is 395 g/mol. The fourth-order valence-electron chi connectivity index (χ4n) is 2.83. The molecule has 0 unspecified atom stereocenters. The van der Waals surface area contributed by atoms with E-state index in [1.807, 2.05) is 31.2 Å². The maximum atomic E-state index is 12.5. The van der Waals surface area contributed by atoms with E-state index in [2.05, 4.69) is 5.32 Å². The number of rotatable bonds is 6. The Bertz CT molecular complexity index is 825. The quantitative estimate of drug-likeness (QED) is 0.816. The van der Waals surface area contributed by atoms with Gasteiger partial charge >= 0.3 is 0 Å². The van der Waals surface area contributed by atoms with E-state index in [1.54, 1.807) is 17.5 Å². The lowest BCUT2D eigenvalue weighted by molar-refractivity contribution is -0.124. The van der Waals surface area contributed by atoms with E-state index in [1.165, 1.54) is 15.6 Å². The molecular weight excluding hydrogens is 372 g/mol. The first-order valence-corrected chi connectivity index (χ1v) is 10.8. The first-order valence-electron chi connectivity index (χ1n) is 8.47. The number of thiophene rings is 1. The van der Waals surface area contributed by atoms with Crippen molar-refractivity contribution in [1.29, 1.82) is 0 Å². The molecule has 6 nitrogen and oxygen atoms in total. The molecule has 1 aromatic carbocycles. The summed E-state index contributed by atoms with van der Waals surface area (Å²) < 4.78 is 32.3. The highest BCUT2D eigenvalue weighted by Crippen LogP contribution is 2.24. The number of ether oxygens (including phenoxy) is 1. The van der Waals surface area contributed by atoms with Crippen molar-refractivity contribution in [1.82, 2.24) is 9.62 Å². The van der Waals surface area contributed by atoms with Crippen LogP contribution in [0.2, 0.25) is 0 Å². The molecular formula is C18H22N2O4S2. The molecule has 0 bridgehead atoms. The normalized spacial score (nSPS) is 16.3. The van der Waals surface area contributed by atoms with Crippen molar-refractivity contribution in [2.75, 3.05) is 19.7 Å². The minimum Gasteiger partial charge on any atom is -0.484 e. The zero-order chi connectivity index (χ0) is 18.6. The fraction of sp³-hybridized carbons (Fsp3) is 0.389. The molecule has 1 saturated heterocycles. The lowest BCUT2D eigenvalue weighted by Crippen LogP contribution is -2.47. The summed E-state index contributed by atoms with van der Waals surface area (Å²) in [6.07, 6.45) is 1.20. The Balaban J connectivity index is 1.45. The standard InChI is InChI=1S/C18H22N2O4S2/c1-14-4-6-16(7-5-14)24-13-17(21)19-15-8-10-20(11-9-15)26(22,23)18-3-2-12-25-18/h2-7,12,15H,8-11,13H2,1H3,(H,19,21). The number of sulfonamides is 1. The average Bonchev–Trinajstić information content (AvgIpc) is 3.17. The number of hydrogen-bond donors (Lipinski definition) is 1. The number of nitrogens with zero attached hydrogens (tertiary/aromatic N) is 1. The number of carbonyl (C=O) groups excluding carboxylic acids is 1. The lowest BCUT2D eigenvalue weighted by Gasteiger charge is -2.31. The molecule has 0 saturated carbocycles. The molecule has 0 atom stereocenters. The van der Waals surface area contributed by atoms with Crippen LogP contribution >= 0.6 is 11.3 Å². The molecule has 0 spiro atoms. The zero-order valence-electron chi connectivity index (χ0n) is 14.6. The molecule has 3 rings (SSSR count). The summed E-state index contributed by atoms with van der Waals surface area (Å²) in [7, 11) is -3.41. The summed E-state index contributed by atoms with van der Waals surface area (Å²) >= 11 is 1.22. The predicted octanol–water partition coefficient (Wildman–Crippen LogP) is 2.40. The van der Waals surface area contributed by atoms with Gasteiger partial charge in [0.05, 0.1) is 0 Å². The van der Waals surface area contributed by atoms with Gasteiger partial charge in [0, 0.05) is 19.1 Å². The highest BCUT2D eigenvalue weighted by atomic mass is 32.2. The molecule has 1 aromatic heterocycles. The molecule has 1 N–H and O–H groups in total. The molecule has 140 valence electrons. The number of hydrogen-bond acceptors (Lipinski definition) is 5. The van der Waals surface area contributed by atoms with Gasteiger partial charge in [0.2, 0.25) is 0 Å². The molecule has 8 heteroatoms. The van der Waals surface area contributed by atoms with Crippen molar-refractivity contribution in [3.8, 4) is 5.75 Å². The number of aryl methyl sites for hydroxylation is 1. The van der Waals surface area contributed by atoms with Gasteiger partial charge in [-0.1, -0.05) is 23.8 Å². The maximum Gasteiger partial charge on any atom is 0.258 e. The van der Waals surface area contributed by atoms with Crippen LogP contribution in [0, 0.1) is 6.92 Å². The number of benzene rings is 1. The number of nitrogens with one attached hydrogen (secondary N) is 1. The molecule has 1 amide bonds. The molecule has 26 heavy (non-hydrogen) atoms. The summed E-state index contributed by atoms with van der Waals surface area (Å²) in [5.74, 6) is 0.466. The van der Waals surface area contributed by atoms with E-state index in [4.69, 9.17) is 4.74 Å². The van der Waals surface area contributed by atoms with Gasteiger partial charge in [-0.25, -0.2) is 8.42 Å². The first-order chi connectivity index (χ1) is 12.4. The Hall–Kier alpha value is -1.90. The summed E-state index contributed by atoms with van der Waals surface area (Å²) in [6, 6.07) is 10.8. The Morgan fingerprint density at radius 2 is 1.92 bits per heavy atom. The number of piperidine rings is 1. The Labute approximate surface area is 157 Å². The minimum atomic E-state index is -3.41. The SMILES string of the molecule is Cc1ccc(OCC(=O)NC2CCN(S(=O)(=O)c3cccs3)CC2)cc1. The molecule has 1 aliphatic heterocycles. The zero-order valence-corrected chi connectivity index (χ0v) is 16.2. The van der Waals surface area contributed by atoms with Crippen molar-refractivity contribution in [2.24, 2.45) is 0 Å². The van der Waals surface area contributed by atoms with Gasteiger partial charge < -0.3 is 10.1 Å². The van der Waals surface area contributed by atoms with Crippen LogP contribution in [-0.4, -0.2) is 44.4 Å². The van der Waals surface area contributed by atoms with Crippen LogP contribution in [0.25, 0.3) is 0 Å². The van der Waals surface area contributed by atoms with E-state index in [9.17, 15) is 13.2 Å². The monoisotopic (exact) mass is 394 g/mol. The van der Waals surface area contributed by atoms with Crippen LogP contribution in [-0.2, 0) is 14.8 Å². The minimum absolute atomic E-state index is 0.0288. The smallest absolute Gasteiger partial charge is 0.258 e. The number of amides is 1. The number of carbonyl (C=O) groups is 1. The van der Waals surface area contributed by atoms with E-state index in [0.717, 1.165) is 5.56 Å². The topological polar surface area (TPSA) is 75.7 Å². The van der Waals surface area contributed by atoms with Crippen molar-refractivity contribution in [3.05, 3.63) is 47.3 Å². The van der Waals surface area contributed by atoms with Crippen LogP contribution in [0.15, 0.2) is 46.0 Å². The van der Waals surface area contributed by atoms with Crippen LogP contribution in [0.1, 0.15) is 18.4 Å². The maximum absolute atomic E-state index is 12.5. The Morgan fingerprint density at radius 1 is 1.23 bits per heavy atom. The predicted molar refractivity (Wildman–Crippen MR) is 101 cm³/mol. The van der Waals surface area contributed by atoms with Crippen LogP contribution in [0.4, 0.5) is 0 Å². The van der Waals surface area contributed by atoms with Gasteiger partial charge in [-0.05, 0) is 43.3 Å². The molecule has 1 fully saturated rings. The fourth-order valence-corrected chi connectivity index (χ4v) is 5.44. The van der Waals surface area contributed by atoms with Crippen LogP contribution < -0.4 is 10.1 Å². The second-order valence-electron chi connectivity index (χ2n) is 6.28. The van der Waals surface area contributed by atoms with Crippen molar-refractivity contribution >= 4 is 27.3 Å². The van der Waals surface area contributed by atoms with Crippen LogP contribution in [0.3, 0.4) is 0 Å².